The monoisotopic (exact) mass is 458 g/mol. The van der Waals surface area contributed by atoms with Crippen molar-refractivity contribution in [2.24, 2.45) is 5.92 Å². The Labute approximate surface area is 187 Å². The predicted octanol–water partition coefficient (Wildman–Crippen LogP) is 5.69. The van der Waals surface area contributed by atoms with E-state index >= 15 is 0 Å². The van der Waals surface area contributed by atoms with Gasteiger partial charge in [-0.3, -0.25) is 4.79 Å². The summed E-state index contributed by atoms with van der Waals surface area (Å²) in [6, 6.07) is 8.55. The number of hydrogen-bond donors (Lipinski definition) is 1. The smallest absolute Gasteiger partial charge is 0.335 e. The van der Waals surface area contributed by atoms with Gasteiger partial charge in [0.1, 0.15) is 17.2 Å². The van der Waals surface area contributed by atoms with E-state index in [2.05, 4.69) is 5.10 Å². The van der Waals surface area contributed by atoms with E-state index in [0.29, 0.717) is 12.3 Å². The first-order chi connectivity index (χ1) is 14.9. The predicted molar refractivity (Wildman–Crippen MR) is 114 cm³/mol. The molecule has 0 saturated heterocycles. The normalized spacial score (nSPS) is 19.3. The van der Waals surface area contributed by atoms with Gasteiger partial charge in [-0.1, -0.05) is 29.3 Å². The number of carboxylic acid groups (broad SMARTS) is 1. The van der Waals surface area contributed by atoms with Crippen LogP contribution in [0.5, 0.6) is 0 Å². The largest absolute Gasteiger partial charge is 0.478 e. The molecule has 2 unspecified atom stereocenters. The fourth-order valence-electron chi connectivity index (χ4n) is 4.71. The zero-order valence-corrected chi connectivity index (χ0v) is 17.8. The lowest BCUT2D eigenvalue weighted by atomic mass is 9.65. The molecule has 2 aliphatic rings. The number of ketones is 1. The first-order valence-corrected chi connectivity index (χ1v) is 10.8. The van der Waals surface area contributed by atoms with Crippen molar-refractivity contribution in [2.75, 3.05) is 0 Å². The Morgan fingerprint density at radius 2 is 1.84 bits per heavy atom. The molecule has 1 N–H and O–H groups in total. The summed E-state index contributed by atoms with van der Waals surface area (Å²) in [5, 5.41) is 14.1. The van der Waals surface area contributed by atoms with E-state index in [1.165, 1.54) is 16.8 Å². The summed E-state index contributed by atoms with van der Waals surface area (Å²) in [6.45, 7) is 0. The zero-order valence-electron chi connectivity index (χ0n) is 16.2. The number of aromatic nitrogens is 2. The van der Waals surface area contributed by atoms with Crippen molar-refractivity contribution in [2.45, 2.75) is 31.6 Å². The molecule has 1 heterocycles. The molecule has 1 saturated carbocycles. The minimum Gasteiger partial charge on any atom is -0.478 e. The van der Waals surface area contributed by atoms with E-state index in [9.17, 15) is 14.0 Å². The topological polar surface area (TPSA) is 72.2 Å². The van der Waals surface area contributed by atoms with Crippen LogP contribution in [0.4, 0.5) is 4.39 Å². The van der Waals surface area contributed by atoms with Gasteiger partial charge in [0.15, 0.2) is 0 Å². The third-order valence-electron chi connectivity index (χ3n) is 6.38. The SMILES string of the molecule is O=C(O)c1ccc(-n2nc(C(=O)c3c(Cl)cccc3Cl)c3c2C2CCC2CC3)c(F)c1. The van der Waals surface area contributed by atoms with Gasteiger partial charge < -0.3 is 5.11 Å². The quantitative estimate of drug-likeness (QED) is 0.509. The molecule has 0 radical (unpaired) electrons. The average Bonchev–Trinajstić information content (AvgIpc) is 3.06. The summed E-state index contributed by atoms with van der Waals surface area (Å²) in [7, 11) is 0. The zero-order chi connectivity index (χ0) is 21.9. The van der Waals surface area contributed by atoms with E-state index in [-0.39, 0.29) is 38.5 Å². The number of halogens is 3. The Bertz CT molecular complexity index is 1230. The van der Waals surface area contributed by atoms with Gasteiger partial charge in [-0.2, -0.15) is 5.10 Å². The molecule has 5 rings (SSSR count). The maximum absolute atomic E-state index is 14.9. The Morgan fingerprint density at radius 3 is 2.45 bits per heavy atom. The summed E-state index contributed by atoms with van der Waals surface area (Å²) in [4.78, 5) is 24.6. The molecule has 2 aliphatic carbocycles. The van der Waals surface area contributed by atoms with Crippen LogP contribution >= 0.6 is 23.2 Å². The van der Waals surface area contributed by atoms with Gasteiger partial charge in [0.2, 0.25) is 5.78 Å². The van der Waals surface area contributed by atoms with Crippen molar-refractivity contribution < 1.29 is 19.1 Å². The van der Waals surface area contributed by atoms with E-state index in [0.717, 1.165) is 36.6 Å². The maximum atomic E-state index is 14.9. The van der Waals surface area contributed by atoms with Crippen molar-refractivity contribution in [1.29, 1.82) is 0 Å². The molecule has 0 bridgehead atoms. The molecule has 8 heteroatoms. The molecule has 2 aromatic carbocycles. The number of benzene rings is 2. The van der Waals surface area contributed by atoms with Crippen LogP contribution in [0.1, 0.15) is 62.8 Å². The molecule has 3 aromatic rings. The molecule has 0 amide bonds. The van der Waals surface area contributed by atoms with Crippen LogP contribution in [0.3, 0.4) is 0 Å². The van der Waals surface area contributed by atoms with Gasteiger partial charge >= 0.3 is 5.97 Å². The lowest BCUT2D eigenvalue weighted by Gasteiger charge is -2.41. The van der Waals surface area contributed by atoms with Crippen molar-refractivity contribution in [3.05, 3.63) is 80.3 Å². The Hall–Kier alpha value is -2.70. The van der Waals surface area contributed by atoms with Gasteiger partial charge in [0, 0.05) is 11.5 Å². The lowest BCUT2D eigenvalue weighted by molar-refractivity contribution is 0.0696. The number of rotatable bonds is 4. The van der Waals surface area contributed by atoms with E-state index < -0.39 is 17.6 Å². The second-order valence-corrected chi connectivity index (χ2v) is 8.82. The summed E-state index contributed by atoms with van der Waals surface area (Å²) in [6.07, 6.45) is 3.64. The lowest BCUT2D eigenvalue weighted by Crippen LogP contribution is -2.31. The number of carbonyl (C=O) groups excluding carboxylic acids is 1. The first-order valence-electron chi connectivity index (χ1n) is 10.0. The molecule has 0 aliphatic heterocycles. The number of carbonyl (C=O) groups is 2. The third-order valence-corrected chi connectivity index (χ3v) is 7.01. The average molecular weight is 459 g/mol. The highest BCUT2D eigenvalue weighted by atomic mass is 35.5. The van der Waals surface area contributed by atoms with Crippen molar-refractivity contribution >= 4 is 35.0 Å². The van der Waals surface area contributed by atoms with Crippen LogP contribution in [0.25, 0.3) is 5.69 Å². The highest BCUT2D eigenvalue weighted by molar-refractivity contribution is 6.41. The molecule has 5 nitrogen and oxygen atoms in total. The van der Waals surface area contributed by atoms with Crippen LogP contribution < -0.4 is 0 Å². The van der Waals surface area contributed by atoms with Crippen LogP contribution in [-0.2, 0) is 6.42 Å². The van der Waals surface area contributed by atoms with E-state index in [1.807, 2.05) is 0 Å². The fraction of sp³-hybridized carbons (Fsp3) is 0.261. The number of fused-ring (bicyclic) bond motifs is 3. The summed E-state index contributed by atoms with van der Waals surface area (Å²) in [5.41, 5.74) is 1.99. The second kappa shape index (κ2) is 7.46. The maximum Gasteiger partial charge on any atom is 0.335 e. The summed E-state index contributed by atoms with van der Waals surface area (Å²) < 4.78 is 16.4. The van der Waals surface area contributed by atoms with Gasteiger partial charge in [-0.15, -0.1) is 0 Å². The Kier molecular flexibility index (Phi) is 4.87. The third kappa shape index (κ3) is 3.17. The van der Waals surface area contributed by atoms with Crippen LogP contribution in [0, 0.1) is 11.7 Å². The van der Waals surface area contributed by atoms with E-state index in [4.69, 9.17) is 28.3 Å². The van der Waals surface area contributed by atoms with Crippen LogP contribution in [-0.4, -0.2) is 26.6 Å². The van der Waals surface area contributed by atoms with Crippen molar-refractivity contribution in [3.8, 4) is 5.69 Å². The molecule has 158 valence electrons. The van der Waals surface area contributed by atoms with Gasteiger partial charge in [-0.05, 0) is 61.9 Å². The molecule has 1 aromatic heterocycles. The number of nitrogens with zero attached hydrogens (tertiary/aromatic N) is 2. The molecular weight excluding hydrogens is 442 g/mol. The Morgan fingerprint density at radius 1 is 1.10 bits per heavy atom. The van der Waals surface area contributed by atoms with Gasteiger partial charge in [0.25, 0.3) is 0 Å². The van der Waals surface area contributed by atoms with Crippen molar-refractivity contribution in [1.82, 2.24) is 9.78 Å². The molecule has 31 heavy (non-hydrogen) atoms. The molecular formula is C23H17Cl2FN2O3. The minimum absolute atomic E-state index is 0.123. The molecule has 1 fully saturated rings. The molecule has 0 spiro atoms. The number of hydrogen-bond acceptors (Lipinski definition) is 3. The first kappa shape index (κ1) is 20.2. The van der Waals surface area contributed by atoms with Gasteiger partial charge in [0.05, 0.1) is 26.9 Å². The van der Waals surface area contributed by atoms with Gasteiger partial charge in [-0.25, -0.2) is 13.9 Å². The van der Waals surface area contributed by atoms with Crippen LogP contribution in [0.15, 0.2) is 36.4 Å². The second-order valence-electron chi connectivity index (χ2n) is 8.00. The highest BCUT2D eigenvalue weighted by Crippen LogP contribution is 2.51. The van der Waals surface area contributed by atoms with Crippen molar-refractivity contribution in [3.63, 3.8) is 0 Å². The minimum atomic E-state index is -1.21. The summed E-state index contributed by atoms with van der Waals surface area (Å²) >= 11 is 12.5. The summed E-state index contributed by atoms with van der Waals surface area (Å²) in [5.74, 6) is -1.64. The van der Waals surface area contributed by atoms with Crippen LogP contribution in [0.2, 0.25) is 10.0 Å². The van der Waals surface area contributed by atoms with E-state index in [1.54, 1.807) is 18.2 Å². The molecule has 2 atom stereocenters. The Balaban J connectivity index is 1.70. The number of carboxylic acids is 1. The standard InChI is InChI=1S/C23H17Cl2FN2O3/c24-15-2-1-3-16(25)19(15)22(29)20-14-8-5-11-4-7-13(11)21(14)28(27-20)18-9-6-12(23(30)31)10-17(18)26/h1-3,6,9-11,13H,4-5,7-8H2,(H,30,31). The fourth-order valence-corrected chi connectivity index (χ4v) is 5.27. The number of aromatic carboxylic acids is 1. The highest BCUT2D eigenvalue weighted by Gasteiger charge is 2.42.